The van der Waals surface area contributed by atoms with Crippen LogP contribution in [0.1, 0.15) is 141 Å². The number of nitrogens with two attached hydrogens (primary N) is 4. The summed E-state index contributed by atoms with van der Waals surface area (Å²) in [5, 5.41) is 10.8. The molecule has 0 saturated heterocycles. The van der Waals surface area contributed by atoms with E-state index in [-0.39, 0.29) is 42.4 Å². The van der Waals surface area contributed by atoms with Crippen molar-refractivity contribution >= 4 is 110 Å². The molecule has 3 unspecified atom stereocenters. The zero-order valence-electron chi connectivity index (χ0n) is 37.3. The summed E-state index contributed by atoms with van der Waals surface area (Å²) in [7, 11) is 0. The number of carbonyl (C=O) groups excluding carboxylic acids is 8. The van der Waals surface area contributed by atoms with Gasteiger partial charge in [-0.05, 0) is 112 Å². The van der Waals surface area contributed by atoms with Gasteiger partial charge in [-0.15, -0.1) is 0 Å². The van der Waals surface area contributed by atoms with Crippen LogP contribution in [0.3, 0.4) is 0 Å². The maximum absolute atomic E-state index is 11.9. The molecule has 0 aromatic carbocycles. The summed E-state index contributed by atoms with van der Waals surface area (Å²) in [6.45, 7) is 0.569. The van der Waals surface area contributed by atoms with Crippen LogP contribution < -0.4 is 66.3 Å². The van der Waals surface area contributed by atoms with Gasteiger partial charge in [-0.3, -0.25) is 60.1 Å². The Morgan fingerprint density at radius 2 is 0.672 bits per heavy atom. The molecule has 0 aliphatic heterocycles. The Labute approximate surface area is 407 Å². The highest BCUT2D eigenvalue weighted by molar-refractivity contribution is 7.80. The number of rotatable bonds is 36. The molecule has 0 radical (unpaired) electrons. The molecule has 0 rings (SSSR count). The number of hydrogen-bond donors (Lipinski definition) is 17. The first kappa shape index (κ1) is 65.6. The molecule has 0 aliphatic carbocycles. The van der Waals surface area contributed by atoms with Gasteiger partial charge in [-0.1, -0.05) is 25.7 Å². The monoisotopic (exact) mass is 1000 g/mol. The second-order valence-electron chi connectivity index (χ2n) is 14.5. The fraction of sp³-hybridized carbons (Fsp3) is 0.795. The zero-order valence-corrected chi connectivity index (χ0v) is 41.8. The van der Waals surface area contributed by atoms with Crippen molar-refractivity contribution < 1.29 is 38.4 Å². The molecule has 0 saturated carbocycles. The van der Waals surface area contributed by atoms with Crippen LogP contribution in [0.15, 0.2) is 0 Å². The second-order valence-corrected chi connectivity index (χ2v) is 16.7. The number of hydrazine groups is 4. The van der Waals surface area contributed by atoms with Crippen molar-refractivity contribution in [1.29, 1.82) is 0 Å². The van der Waals surface area contributed by atoms with Gasteiger partial charge in [0.05, 0.1) is 0 Å². The van der Waals surface area contributed by atoms with Crippen LogP contribution >= 0.6 is 63.1 Å². The Bertz CT molecular complexity index is 1280. The first-order valence-corrected chi connectivity index (χ1v) is 25.1. The fourth-order valence-electron chi connectivity index (χ4n) is 5.47. The largest absolute Gasteiger partial charge is 0.356 e. The van der Waals surface area contributed by atoms with E-state index in [1.807, 2.05) is 16.3 Å². The lowest BCUT2D eigenvalue weighted by atomic mass is 10.1. The van der Waals surface area contributed by atoms with E-state index in [1.54, 1.807) is 0 Å². The Balaban J connectivity index is -0.000000900. The molecular weight excluding hydrogens is 925 g/mol. The maximum atomic E-state index is 11.9. The molecule has 0 bridgehead atoms. The van der Waals surface area contributed by atoms with E-state index in [0.29, 0.717) is 57.2 Å². The first-order valence-electron chi connectivity index (χ1n) is 21.9. The number of thiol groups is 5. The molecule has 0 aliphatic rings. The Morgan fingerprint density at radius 1 is 0.328 bits per heavy atom. The molecule has 0 aromatic rings. The normalized spacial score (nSPS) is 11.7. The molecule has 8 amide bonds. The van der Waals surface area contributed by atoms with Gasteiger partial charge in [0, 0.05) is 38.6 Å². The predicted octanol–water partition coefficient (Wildman–Crippen LogP) is 0.721. The van der Waals surface area contributed by atoms with Crippen molar-refractivity contribution in [3.63, 3.8) is 0 Å². The van der Waals surface area contributed by atoms with E-state index in [0.717, 1.165) is 106 Å². The number of unbranched alkanes of at least 4 members (excludes halogenated alkanes) is 9. The third-order valence-electron chi connectivity index (χ3n) is 9.11. The van der Waals surface area contributed by atoms with Crippen molar-refractivity contribution in [3.05, 3.63) is 0 Å². The summed E-state index contributed by atoms with van der Waals surface area (Å²) < 4.78 is 0. The SMILES string of the molecule is NNC(=O)C(CCCCNC(=O)CCCCCS)NC(=O)CCCCCS.NNC(=O)C(CCS)NC(=O)CCCCCS.NNC(=O)CCC(NC(=O)CCCCCS)C(=O)NN. The second kappa shape index (κ2) is 48.3. The van der Waals surface area contributed by atoms with Crippen LogP contribution in [0.4, 0.5) is 0 Å². The smallest absolute Gasteiger partial charge is 0.256 e. The van der Waals surface area contributed by atoms with Crippen molar-refractivity contribution in [2.45, 2.75) is 159 Å². The van der Waals surface area contributed by atoms with E-state index >= 15 is 0 Å². The summed E-state index contributed by atoms with van der Waals surface area (Å²) in [5.41, 5.74) is 8.05. The molecule has 0 fully saturated rings. The quantitative estimate of drug-likeness (QED) is 0.0136. The standard InChI is InChI=1S/C18H36N4O3S2.C11H23N5O3S.C10H21N3O2S2/c19-22-18(25)15(21-17(24)11-4-2-8-14-27)9-5-6-12-20-16(23)10-3-1-7-13-26;12-15-10(18)6-5-8(11(19)16-13)14-9(17)4-2-1-3-7-20;11-13-10(15)8(5-7-17)12-9(14)4-2-1-3-6-16/h15,26-27H,1-14,19H2,(H,20,23)(H,21,24)(H,22,25);8,20H,1-7,12-13H2,(H,14,17)(H,15,18)(H,16,19);8,16-17H,1-7,11H2,(H,12,14)(H,13,15). The van der Waals surface area contributed by atoms with Crippen LogP contribution in [0.5, 0.6) is 0 Å². The van der Waals surface area contributed by atoms with Crippen LogP contribution in [-0.4, -0.2) is 101 Å². The summed E-state index contributed by atoms with van der Waals surface area (Å²) >= 11 is 20.5. The number of amides is 8. The molecule has 3 atom stereocenters. The van der Waals surface area contributed by atoms with Gasteiger partial charge >= 0.3 is 0 Å². The van der Waals surface area contributed by atoms with E-state index < -0.39 is 35.8 Å². The topological polar surface area (TPSA) is 337 Å². The van der Waals surface area contributed by atoms with E-state index in [9.17, 15) is 38.4 Å². The number of nitrogens with one attached hydrogen (secondary N) is 8. The van der Waals surface area contributed by atoms with E-state index in [2.05, 4.69) is 89.8 Å². The highest BCUT2D eigenvalue weighted by atomic mass is 32.1. The lowest BCUT2D eigenvalue weighted by molar-refractivity contribution is -0.130. The lowest BCUT2D eigenvalue weighted by Crippen LogP contribution is -2.49. The maximum Gasteiger partial charge on any atom is 0.256 e. The minimum Gasteiger partial charge on any atom is -0.356 e. The third kappa shape index (κ3) is 42.0. The Kier molecular flexibility index (Phi) is 49.5. The molecule has 0 spiro atoms. The van der Waals surface area contributed by atoms with E-state index in [1.165, 1.54) is 0 Å². The molecular formula is C39H80N12O8S5. The van der Waals surface area contributed by atoms with Crippen molar-refractivity contribution in [1.82, 2.24) is 43.0 Å². The highest BCUT2D eigenvalue weighted by Crippen LogP contribution is 2.07. The van der Waals surface area contributed by atoms with Gasteiger partial charge in [0.25, 0.3) is 17.7 Å². The van der Waals surface area contributed by atoms with Crippen molar-refractivity contribution in [3.8, 4) is 0 Å². The summed E-state index contributed by atoms with van der Waals surface area (Å²) in [6, 6.07) is -2.06. The van der Waals surface area contributed by atoms with E-state index in [4.69, 9.17) is 23.4 Å². The summed E-state index contributed by atoms with van der Waals surface area (Å²) in [6.07, 6.45) is 15.2. The first-order chi connectivity index (χ1) is 30.7. The highest BCUT2D eigenvalue weighted by Gasteiger charge is 2.22. The van der Waals surface area contributed by atoms with Gasteiger partial charge in [-0.2, -0.15) is 63.1 Å². The molecule has 20 nitrogen and oxygen atoms in total. The molecule has 374 valence electrons. The third-order valence-corrected chi connectivity index (χ3v) is 10.6. The van der Waals surface area contributed by atoms with Crippen molar-refractivity contribution in [2.75, 3.05) is 35.3 Å². The predicted molar refractivity (Wildman–Crippen MR) is 269 cm³/mol. The van der Waals surface area contributed by atoms with Crippen LogP contribution in [0, 0.1) is 0 Å². The van der Waals surface area contributed by atoms with Gasteiger partial charge in [0.2, 0.25) is 29.5 Å². The fourth-order valence-corrected chi connectivity index (χ4v) is 6.62. The van der Waals surface area contributed by atoms with Crippen LogP contribution in [0.25, 0.3) is 0 Å². The summed E-state index contributed by atoms with van der Waals surface area (Å²) in [4.78, 5) is 92.5. The molecule has 64 heavy (non-hydrogen) atoms. The average molecular weight is 1010 g/mol. The minimum atomic E-state index is -0.838. The van der Waals surface area contributed by atoms with Gasteiger partial charge in [0.15, 0.2) is 0 Å². The molecule has 0 heterocycles. The molecule has 16 N–H and O–H groups in total. The number of hydrogen-bond acceptors (Lipinski definition) is 17. The zero-order chi connectivity index (χ0) is 48.8. The van der Waals surface area contributed by atoms with Crippen LogP contribution in [-0.2, 0) is 38.4 Å². The summed E-state index contributed by atoms with van der Waals surface area (Å²) in [5.74, 6) is 21.8. The Hall–Kier alpha value is -2.65. The van der Waals surface area contributed by atoms with Gasteiger partial charge in [0.1, 0.15) is 18.1 Å². The lowest BCUT2D eigenvalue weighted by Gasteiger charge is -2.17. The van der Waals surface area contributed by atoms with Gasteiger partial charge < -0.3 is 21.3 Å². The van der Waals surface area contributed by atoms with Gasteiger partial charge in [-0.25, -0.2) is 23.4 Å². The number of carbonyl (C=O) groups is 8. The molecule has 0 aromatic heterocycles. The molecule has 25 heteroatoms. The van der Waals surface area contributed by atoms with Crippen LogP contribution in [0.2, 0.25) is 0 Å². The van der Waals surface area contributed by atoms with Crippen molar-refractivity contribution in [2.24, 2.45) is 23.4 Å². The minimum absolute atomic E-state index is 0.0223. The average Bonchev–Trinajstić information content (AvgIpc) is 3.29. The Morgan fingerprint density at radius 3 is 1.00 bits per heavy atom.